The highest BCUT2D eigenvalue weighted by Crippen LogP contribution is 2.60. The van der Waals surface area contributed by atoms with Gasteiger partial charge in [-0.15, -0.1) is 11.3 Å². The predicted molar refractivity (Wildman–Crippen MR) is 69.2 cm³/mol. The highest BCUT2D eigenvalue weighted by atomic mass is 32.1. The van der Waals surface area contributed by atoms with E-state index in [1.54, 1.807) is 11.6 Å². The molecule has 3 rings (SSSR count). The molecule has 1 aliphatic heterocycles. The molecule has 96 valence electrons. The van der Waals surface area contributed by atoms with E-state index >= 15 is 0 Å². The molecule has 18 heavy (non-hydrogen) atoms. The van der Waals surface area contributed by atoms with Gasteiger partial charge in [-0.3, -0.25) is 9.59 Å². The van der Waals surface area contributed by atoms with E-state index in [-0.39, 0.29) is 23.1 Å². The third-order valence-electron chi connectivity index (χ3n) is 5.03. The lowest BCUT2D eigenvalue weighted by Crippen LogP contribution is -2.59. The van der Waals surface area contributed by atoms with Crippen LogP contribution in [0.1, 0.15) is 33.6 Å². The molecule has 0 radical (unpaired) electrons. The Hall–Kier alpha value is -1.23. The van der Waals surface area contributed by atoms with Gasteiger partial charge in [-0.2, -0.15) is 0 Å². The van der Waals surface area contributed by atoms with E-state index < -0.39 is 5.41 Å². The molecule has 2 fully saturated rings. The van der Waals surface area contributed by atoms with Crippen LogP contribution in [0.25, 0.3) is 0 Å². The normalized spacial score (nSPS) is 34.2. The Bertz CT molecular complexity index is 523. The van der Waals surface area contributed by atoms with Gasteiger partial charge in [-0.1, -0.05) is 20.8 Å². The number of thiazole rings is 1. The van der Waals surface area contributed by atoms with E-state index in [9.17, 15) is 9.59 Å². The molecule has 1 aliphatic carbocycles. The van der Waals surface area contributed by atoms with Crippen LogP contribution in [0.15, 0.2) is 11.6 Å². The van der Waals surface area contributed by atoms with Crippen molar-refractivity contribution in [3.8, 4) is 0 Å². The number of imide groups is 1. The standard InChI is InChI=1S/C13H16N2O2S/c1-12(2)8-4-5-13(12,3)10(17)15(9(8)16)11-14-6-7-18-11/h6-8H,4-5H2,1-3H3/t8-,13+/m1/s1. The molecule has 1 aromatic heterocycles. The molecular weight excluding hydrogens is 248 g/mol. The number of piperidine rings is 1. The number of rotatable bonds is 1. The fourth-order valence-corrected chi connectivity index (χ4v) is 3.97. The first-order valence-corrected chi connectivity index (χ1v) is 7.05. The fraction of sp³-hybridized carbons (Fsp3) is 0.615. The molecule has 0 aromatic carbocycles. The zero-order valence-electron chi connectivity index (χ0n) is 10.8. The molecule has 2 amide bonds. The molecule has 0 N–H and O–H groups in total. The van der Waals surface area contributed by atoms with E-state index in [1.807, 2.05) is 20.8 Å². The minimum atomic E-state index is -0.447. The van der Waals surface area contributed by atoms with Gasteiger partial charge in [0, 0.05) is 17.5 Å². The van der Waals surface area contributed by atoms with Crippen LogP contribution in [-0.4, -0.2) is 16.8 Å². The molecular formula is C13H16N2O2S. The Balaban J connectivity index is 2.12. The number of hydrogen-bond acceptors (Lipinski definition) is 4. The van der Waals surface area contributed by atoms with Gasteiger partial charge in [0.1, 0.15) is 0 Å². The first-order valence-electron chi connectivity index (χ1n) is 6.17. The van der Waals surface area contributed by atoms with Gasteiger partial charge in [0.05, 0.1) is 5.41 Å². The van der Waals surface area contributed by atoms with Gasteiger partial charge in [0.25, 0.3) is 0 Å². The molecule has 5 heteroatoms. The van der Waals surface area contributed by atoms with Crippen molar-refractivity contribution in [2.75, 3.05) is 4.90 Å². The van der Waals surface area contributed by atoms with Crippen molar-refractivity contribution in [1.29, 1.82) is 0 Å². The Morgan fingerprint density at radius 3 is 2.72 bits per heavy atom. The Kier molecular flexibility index (Phi) is 2.24. The summed E-state index contributed by atoms with van der Waals surface area (Å²) in [6, 6.07) is 0. The molecule has 2 heterocycles. The summed E-state index contributed by atoms with van der Waals surface area (Å²) in [6.45, 7) is 6.07. The molecule has 1 aromatic rings. The summed E-state index contributed by atoms with van der Waals surface area (Å²) in [4.78, 5) is 30.7. The summed E-state index contributed by atoms with van der Waals surface area (Å²) in [6.07, 6.45) is 3.22. The minimum Gasteiger partial charge on any atom is -0.274 e. The summed E-state index contributed by atoms with van der Waals surface area (Å²) in [5.74, 6) is -0.222. The predicted octanol–water partition coefficient (Wildman–Crippen LogP) is 2.46. The maximum absolute atomic E-state index is 12.7. The maximum Gasteiger partial charge on any atom is 0.242 e. The number of anilines is 1. The van der Waals surface area contributed by atoms with E-state index in [1.165, 1.54) is 16.2 Å². The Morgan fingerprint density at radius 2 is 2.11 bits per heavy atom. The number of carbonyl (C=O) groups is 2. The Morgan fingerprint density at radius 1 is 1.39 bits per heavy atom. The van der Waals surface area contributed by atoms with E-state index in [0.29, 0.717) is 5.13 Å². The largest absolute Gasteiger partial charge is 0.274 e. The fourth-order valence-electron chi connectivity index (χ4n) is 3.33. The van der Waals surface area contributed by atoms with Gasteiger partial charge in [0.15, 0.2) is 5.13 Å². The summed E-state index contributed by atoms with van der Waals surface area (Å²) in [5.41, 5.74) is -0.702. The molecule has 2 atom stereocenters. The number of aromatic nitrogens is 1. The highest BCUT2D eigenvalue weighted by molar-refractivity contribution is 7.14. The summed E-state index contributed by atoms with van der Waals surface area (Å²) in [5, 5.41) is 2.30. The molecule has 2 bridgehead atoms. The van der Waals surface area contributed by atoms with Crippen molar-refractivity contribution in [2.24, 2.45) is 16.7 Å². The van der Waals surface area contributed by atoms with Gasteiger partial charge in [-0.25, -0.2) is 9.88 Å². The second-order valence-electron chi connectivity index (χ2n) is 5.94. The third-order valence-corrected chi connectivity index (χ3v) is 5.79. The van der Waals surface area contributed by atoms with Crippen molar-refractivity contribution >= 4 is 28.3 Å². The average Bonchev–Trinajstić information content (AvgIpc) is 2.85. The smallest absolute Gasteiger partial charge is 0.242 e. The van der Waals surface area contributed by atoms with Gasteiger partial charge in [-0.05, 0) is 18.3 Å². The van der Waals surface area contributed by atoms with Crippen LogP contribution >= 0.6 is 11.3 Å². The second-order valence-corrected chi connectivity index (χ2v) is 6.81. The maximum atomic E-state index is 12.7. The summed E-state index contributed by atoms with van der Waals surface area (Å²) >= 11 is 1.34. The number of nitrogens with zero attached hydrogens (tertiary/aromatic N) is 2. The first-order chi connectivity index (χ1) is 8.39. The van der Waals surface area contributed by atoms with Crippen LogP contribution in [-0.2, 0) is 9.59 Å². The van der Waals surface area contributed by atoms with Gasteiger partial charge < -0.3 is 0 Å². The lowest BCUT2D eigenvalue weighted by atomic mass is 9.62. The summed E-state index contributed by atoms with van der Waals surface area (Å²) in [7, 11) is 0. The van der Waals surface area contributed by atoms with Crippen LogP contribution < -0.4 is 4.90 Å². The number of amides is 2. The van der Waals surface area contributed by atoms with E-state index in [0.717, 1.165) is 12.8 Å². The second kappa shape index (κ2) is 3.41. The van der Waals surface area contributed by atoms with Crippen LogP contribution in [0.5, 0.6) is 0 Å². The molecule has 0 unspecified atom stereocenters. The van der Waals surface area contributed by atoms with Crippen LogP contribution in [0.4, 0.5) is 5.13 Å². The molecule has 0 spiro atoms. The van der Waals surface area contributed by atoms with Crippen molar-refractivity contribution in [2.45, 2.75) is 33.6 Å². The van der Waals surface area contributed by atoms with E-state index in [2.05, 4.69) is 4.98 Å². The van der Waals surface area contributed by atoms with Crippen LogP contribution in [0.2, 0.25) is 0 Å². The topological polar surface area (TPSA) is 50.3 Å². The van der Waals surface area contributed by atoms with Crippen LogP contribution in [0.3, 0.4) is 0 Å². The highest BCUT2D eigenvalue weighted by Gasteiger charge is 2.65. The zero-order chi connectivity index (χ0) is 13.1. The zero-order valence-corrected chi connectivity index (χ0v) is 11.6. The molecule has 1 saturated carbocycles. The molecule has 1 saturated heterocycles. The number of carbonyl (C=O) groups excluding carboxylic acids is 2. The average molecular weight is 264 g/mol. The van der Waals surface area contributed by atoms with Crippen molar-refractivity contribution in [3.63, 3.8) is 0 Å². The molecule has 2 aliphatic rings. The summed E-state index contributed by atoms with van der Waals surface area (Å²) < 4.78 is 0. The minimum absolute atomic E-state index is 0.0656. The SMILES string of the molecule is CC1(C)[C@@H]2CC[C@@]1(C)C(=O)N(c1nccs1)C2=O. The quantitative estimate of drug-likeness (QED) is 0.732. The molecule has 4 nitrogen and oxygen atoms in total. The lowest BCUT2D eigenvalue weighted by molar-refractivity contribution is -0.146. The van der Waals surface area contributed by atoms with Crippen molar-refractivity contribution in [1.82, 2.24) is 4.98 Å². The van der Waals surface area contributed by atoms with Crippen molar-refractivity contribution in [3.05, 3.63) is 11.6 Å². The van der Waals surface area contributed by atoms with Crippen LogP contribution in [0, 0.1) is 16.7 Å². The van der Waals surface area contributed by atoms with Gasteiger partial charge >= 0.3 is 0 Å². The monoisotopic (exact) mass is 264 g/mol. The lowest BCUT2D eigenvalue weighted by Gasteiger charge is -2.46. The van der Waals surface area contributed by atoms with Gasteiger partial charge in [0.2, 0.25) is 11.8 Å². The van der Waals surface area contributed by atoms with Crippen molar-refractivity contribution < 1.29 is 9.59 Å². The first kappa shape index (κ1) is 11.8. The number of hydrogen-bond donors (Lipinski definition) is 0. The number of fused-ring (bicyclic) bond motifs is 2. The third kappa shape index (κ3) is 1.18. The Labute approximate surface area is 110 Å². The van der Waals surface area contributed by atoms with E-state index in [4.69, 9.17) is 0 Å².